The lowest BCUT2D eigenvalue weighted by Gasteiger charge is -2.24. The molecule has 0 unspecified atom stereocenters. The molecule has 0 radical (unpaired) electrons. The number of anilines is 2. The average Bonchev–Trinajstić information content (AvgIpc) is 3.34. The summed E-state index contributed by atoms with van der Waals surface area (Å²) in [4.78, 5) is 15.0. The highest BCUT2D eigenvalue weighted by Crippen LogP contribution is 2.37. The van der Waals surface area contributed by atoms with Crippen molar-refractivity contribution >= 4 is 28.0 Å². The number of esters is 1. The summed E-state index contributed by atoms with van der Waals surface area (Å²) in [6.07, 6.45) is 0. The standard InChI is InChI=1S/C27H25NO4S/c1-3-31-27(29)25-16-17-26(33-25)28(19-20-10-5-4-6-11-20)21-12-9-13-22(18-21)32-24-15-8-7-14-23(24)30-2/h4-18H,3,19H2,1-2H3. The Morgan fingerprint density at radius 2 is 1.64 bits per heavy atom. The first kappa shape index (κ1) is 22.4. The summed E-state index contributed by atoms with van der Waals surface area (Å²) in [6, 6.07) is 29.4. The molecular weight excluding hydrogens is 434 g/mol. The molecular formula is C27H25NO4S. The largest absolute Gasteiger partial charge is 0.493 e. The summed E-state index contributed by atoms with van der Waals surface area (Å²) in [5.41, 5.74) is 2.10. The molecule has 168 valence electrons. The van der Waals surface area contributed by atoms with Gasteiger partial charge in [-0.05, 0) is 48.9 Å². The van der Waals surface area contributed by atoms with E-state index in [4.69, 9.17) is 14.2 Å². The van der Waals surface area contributed by atoms with Crippen LogP contribution in [0.3, 0.4) is 0 Å². The Morgan fingerprint density at radius 3 is 2.39 bits per heavy atom. The van der Waals surface area contributed by atoms with Crippen LogP contribution in [-0.2, 0) is 11.3 Å². The van der Waals surface area contributed by atoms with Gasteiger partial charge in [-0.3, -0.25) is 0 Å². The van der Waals surface area contributed by atoms with Crippen molar-refractivity contribution in [2.24, 2.45) is 0 Å². The molecule has 0 saturated carbocycles. The van der Waals surface area contributed by atoms with Gasteiger partial charge in [-0.25, -0.2) is 4.79 Å². The van der Waals surface area contributed by atoms with E-state index >= 15 is 0 Å². The molecule has 0 amide bonds. The fourth-order valence-corrected chi connectivity index (χ4v) is 4.31. The van der Waals surface area contributed by atoms with E-state index in [1.807, 2.05) is 78.9 Å². The number of hydrogen-bond acceptors (Lipinski definition) is 6. The zero-order chi connectivity index (χ0) is 23.0. The van der Waals surface area contributed by atoms with Crippen molar-refractivity contribution in [2.45, 2.75) is 13.5 Å². The molecule has 33 heavy (non-hydrogen) atoms. The smallest absolute Gasteiger partial charge is 0.348 e. The van der Waals surface area contributed by atoms with Crippen LogP contribution in [0.1, 0.15) is 22.2 Å². The number of carbonyl (C=O) groups excluding carboxylic acids is 1. The minimum absolute atomic E-state index is 0.304. The van der Waals surface area contributed by atoms with E-state index in [1.54, 1.807) is 14.0 Å². The van der Waals surface area contributed by atoms with Crippen LogP contribution in [0.2, 0.25) is 0 Å². The maximum Gasteiger partial charge on any atom is 0.348 e. The SMILES string of the molecule is CCOC(=O)c1ccc(N(Cc2ccccc2)c2cccc(Oc3ccccc3OC)c2)s1. The zero-order valence-electron chi connectivity index (χ0n) is 18.6. The molecule has 0 aliphatic rings. The predicted molar refractivity (Wildman–Crippen MR) is 132 cm³/mol. The molecule has 3 aromatic carbocycles. The summed E-state index contributed by atoms with van der Waals surface area (Å²) in [5, 5.41) is 0.941. The van der Waals surface area contributed by atoms with E-state index in [0.717, 1.165) is 16.3 Å². The molecule has 0 aliphatic carbocycles. The highest BCUT2D eigenvalue weighted by molar-refractivity contribution is 7.18. The van der Waals surface area contributed by atoms with Gasteiger partial charge in [-0.15, -0.1) is 11.3 Å². The predicted octanol–water partition coefficient (Wildman–Crippen LogP) is 7.06. The van der Waals surface area contributed by atoms with Crippen LogP contribution in [-0.4, -0.2) is 19.7 Å². The lowest BCUT2D eigenvalue weighted by atomic mass is 10.2. The van der Waals surface area contributed by atoms with E-state index in [-0.39, 0.29) is 5.97 Å². The van der Waals surface area contributed by atoms with E-state index < -0.39 is 0 Å². The number of hydrogen-bond donors (Lipinski definition) is 0. The molecule has 6 heteroatoms. The van der Waals surface area contributed by atoms with Crippen molar-refractivity contribution < 1.29 is 19.0 Å². The quantitative estimate of drug-likeness (QED) is 0.251. The average molecular weight is 460 g/mol. The van der Waals surface area contributed by atoms with Crippen LogP contribution >= 0.6 is 11.3 Å². The van der Waals surface area contributed by atoms with Crippen LogP contribution in [0, 0.1) is 0 Å². The summed E-state index contributed by atoms with van der Waals surface area (Å²) in [5.74, 6) is 1.70. The van der Waals surface area contributed by atoms with Crippen molar-refractivity contribution in [3.8, 4) is 17.2 Å². The van der Waals surface area contributed by atoms with Gasteiger partial charge in [0.2, 0.25) is 0 Å². The Labute approximate surface area is 197 Å². The van der Waals surface area contributed by atoms with Gasteiger partial charge in [0.15, 0.2) is 11.5 Å². The number of benzene rings is 3. The fraction of sp³-hybridized carbons (Fsp3) is 0.148. The molecule has 0 fully saturated rings. The lowest BCUT2D eigenvalue weighted by molar-refractivity contribution is 0.0532. The van der Waals surface area contributed by atoms with Crippen LogP contribution in [0.4, 0.5) is 10.7 Å². The van der Waals surface area contributed by atoms with Gasteiger partial charge in [0.05, 0.1) is 18.7 Å². The van der Waals surface area contributed by atoms with Gasteiger partial charge >= 0.3 is 5.97 Å². The first-order valence-electron chi connectivity index (χ1n) is 10.7. The molecule has 1 aromatic heterocycles. The Hall–Kier alpha value is -3.77. The number of methoxy groups -OCH3 is 1. The first-order chi connectivity index (χ1) is 16.2. The number of nitrogens with zero attached hydrogens (tertiary/aromatic N) is 1. The Bertz CT molecular complexity index is 1210. The summed E-state index contributed by atoms with van der Waals surface area (Å²) in [6.45, 7) is 2.80. The molecule has 0 bridgehead atoms. The van der Waals surface area contributed by atoms with Gasteiger partial charge in [-0.2, -0.15) is 0 Å². The fourth-order valence-electron chi connectivity index (χ4n) is 3.39. The number of thiophene rings is 1. The van der Waals surface area contributed by atoms with Crippen molar-refractivity contribution in [3.63, 3.8) is 0 Å². The maximum absolute atomic E-state index is 12.2. The maximum atomic E-state index is 12.2. The van der Waals surface area contributed by atoms with E-state index in [2.05, 4.69) is 17.0 Å². The van der Waals surface area contributed by atoms with Crippen molar-refractivity contribution in [1.82, 2.24) is 0 Å². The van der Waals surface area contributed by atoms with Crippen molar-refractivity contribution in [3.05, 3.63) is 101 Å². The molecule has 4 rings (SSSR count). The van der Waals surface area contributed by atoms with Crippen molar-refractivity contribution in [1.29, 1.82) is 0 Å². The third-order valence-electron chi connectivity index (χ3n) is 4.94. The van der Waals surface area contributed by atoms with Crippen LogP contribution in [0.15, 0.2) is 91.0 Å². The minimum atomic E-state index is -0.304. The normalized spacial score (nSPS) is 10.5. The molecule has 1 heterocycles. The van der Waals surface area contributed by atoms with Gasteiger partial charge < -0.3 is 19.1 Å². The number of rotatable bonds is 9. The second-order valence-electron chi connectivity index (χ2n) is 7.18. The number of ether oxygens (including phenoxy) is 3. The van der Waals surface area contributed by atoms with Gasteiger partial charge in [0.25, 0.3) is 0 Å². The molecule has 0 N–H and O–H groups in total. The monoisotopic (exact) mass is 459 g/mol. The topological polar surface area (TPSA) is 48.0 Å². The summed E-state index contributed by atoms with van der Waals surface area (Å²) in [7, 11) is 1.62. The lowest BCUT2D eigenvalue weighted by Crippen LogP contribution is -2.15. The first-order valence-corrected chi connectivity index (χ1v) is 11.5. The molecule has 0 aliphatic heterocycles. The Kier molecular flexibility index (Phi) is 7.27. The second kappa shape index (κ2) is 10.7. The highest BCUT2D eigenvalue weighted by Gasteiger charge is 2.17. The van der Waals surface area contributed by atoms with Crippen LogP contribution in [0.25, 0.3) is 0 Å². The molecule has 5 nitrogen and oxygen atoms in total. The Balaban J connectivity index is 1.67. The van der Waals surface area contributed by atoms with Crippen LogP contribution < -0.4 is 14.4 Å². The van der Waals surface area contributed by atoms with E-state index in [1.165, 1.54) is 11.3 Å². The summed E-state index contributed by atoms with van der Waals surface area (Å²) < 4.78 is 16.7. The van der Waals surface area contributed by atoms with Crippen molar-refractivity contribution in [2.75, 3.05) is 18.6 Å². The molecule has 0 saturated heterocycles. The summed E-state index contributed by atoms with van der Waals surface area (Å²) >= 11 is 1.41. The highest BCUT2D eigenvalue weighted by atomic mass is 32.1. The van der Waals surface area contributed by atoms with E-state index in [0.29, 0.717) is 35.3 Å². The minimum Gasteiger partial charge on any atom is -0.493 e. The van der Waals surface area contributed by atoms with Crippen LogP contribution in [0.5, 0.6) is 17.2 Å². The third kappa shape index (κ3) is 5.54. The number of carbonyl (C=O) groups is 1. The van der Waals surface area contributed by atoms with Gasteiger partial charge in [-0.1, -0.05) is 48.5 Å². The van der Waals surface area contributed by atoms with Gasteiger partial charge in [0.1, 0.15) is 10.6 Å². The second-order valence-corrected chi connectivity index (χ2v) is 8.24. The number of para-hydroxylation sites is 2. The third-order valence-corrected chi connectivity index (χ3v) is 6.03. The van der Waals surface area contributed by atoms with Gasteiger partial charge in [0, 0.05) is 18.3 Å². The Morgan fingerprint density at radius 1 is 0.879 bits per heavy atom. The zero-order valence-corrected chi connectivity index (χ0v) is 19.4. The molecule has 0 spiro atoms. The molecule has 4 aromatic rings. The molecule has 0 atom stereocenters. The van der Waals surface area contributed by atoms with E-state index in [9.17, 15) is 4.79 Å².